The monoisotopic (exact) mass is 292 g/mol. The van der Waals surface area contributed by atoms with Crippen LogP contribution >= 0.6 is 11.6 Å². The molecule has 0 atom stereocenters. The summed E-state index contributed by atoms with van der Waals surface area (Å²) in [6, 6.07) is 8.41. The third-order valence-electron chi connectivity index (χ3n) is 2.34. The van der Waals surface area contributed by atoms with Crippen molar-refractivity contribution in [3.8, 4) is 11.8 Å². The summed E-state index contributed by atoms with van der Waals surface area (Å²) in [6.45, 7) is 3.77. The van der Waals surface area contributed by atoms with Crippen LogP contribution in [0.25, 0.3) is 0 Å². The molecule has 6 heteroatoms. The quantitative estimate of drug-likeness (QED) is 0.808. The minimum Gasteiger partial charge on any atom is -0.461 e. The van der Waals surface area contributed by atoms with Crippen LogP contribution in [0.3, 0.4) is 0 Å². The van der Waals surface area contributed by atoms with Gasteiger partial charge in [0.2, 0.25) is 0 Å². The van der Waals surface area contributed by atoms with Gasteiger partial charge in [0.05, 0.1) is 6.61 Å². The SMILES string of the molecule is CCOC(=O)c1cc(C)nc(Oc2ccc(Cl)cc2)n1. The van der Waals surface area contributed by atoms with E-state index in [9.17, 15) is 4.79 Å². The Morgan fingerprint density at radius 1 is 1.25 bits per heavy atom. The molecule has 0 N–H and O–H groups in total. The predicted octanol–water partition coefficient (Wildman–Crippen LogP) is 3.41. The Bertz CT molecular complexity index is 614. The van der Waals surface area contributed by atoms with E-state index in [1.165, 1.54) is 0 Å². The molecule has 0 aliphatic carbocycles. The van der Waals surface area contributed by atoms with Crippen LogP contribution in [0.2, 0.25) is 5.02 Å². The molecule has 0 bridgehead atoms. The molecule has 0 unspecified atom stereocenters. The highest BCUT2D eigenvalue weighted by atomic mass is 35.5. The average Bonchev–Trinajstić information content (AvgIpc) is 2.41. The number of carbonyl (C=O) groups is 1. The first-order valence-electron chi connectivity index (χ1n) is 6.04. The number of aryl methyl sites for hydroxylation is 1. The second kappa shape index (κ2) is 6.34. The average molecular weight is 293 g/mol. The van der Waals surface area contributed by atoms with Crippen LogP contribution in [0.4, 0.5) is 0 Å². The van der Waals surface area contributed by atoms with Crippen molar-refractivity contribution >= 4 is 17.6 Å². The highest BCUT2D eigenvalue weighted by molar-refractivity contribution is 6.30. The molecule has 1 aromatic heterocycles. The highest BCUT2D eigenvalue weighted by Gasteiger charge is 2.12. The largest absolute Gasteiger partial charge is 0.461 e. The second-order valence-corrected chi connectivity index (χ2v) is 4.39. The van der Waals surface area contributed by atoms with E-state index in [1.54, 1.807) is 44.2 Å². The van der Waals surface area contributed by atoms with Crippen molar-refractivity contribution in [3.63, 3.8) is 0 Å². The number of carbonyl (C=O) groups excluding carboxylic acids is 1. The molecule has 1 heterocycles. The van der Waals surface area contributed by atoms with E-state index >= 15 is 0 Å². The lowest BCUT2D eigenvalue weighted by atomic mass is 10.3. The fourth-order valence-electron chi connectivity index (χ4n) is 1.50. The lowest BCUT2D eigenvalue weighted by molar-refractivity contribution is 0.0518. The molecule has 0 spiro atoms. The number of halogens is 1. The first kappa shape index (κ1) is 14.3. The van der Waals surface area contributed by atoms with Crippen molar-refractivity contribution in [1.82, 2.24) is 9.97 Å². The Balaban J connectivity index is 2.23. The van der Waals surface area contributed by atoms with E-state index in [0.29, 0.717) is 16.5 Å². The van der Waals surface area contributed by atoms with Gasteiger partial charge in [-0.3, -0.25) is 0 Å². The zero-order valence-corrected chi connectivity index (χ0v) is 11.8. The Kier molecular flexibility index (Phi) is 4.53. The minimum absolute atomic E-state index is 0.0929. The molecular formula is C14H13ClN2O3. The molecule has 5 nitrogen and oxygen atoms in total. The molecular weight excluding hydrogens is 280 g/mol. The maximum Gasteiger partial charge on any atom is 0.357 e. The number of rotatable bonds is 4. The Labute approximate surface area is 121 Å². The van der Waals surface area contributed by atoms with Crippen LogP contribution in [0.15, 0.2) is 30.3 Å². The summed E-state index contributed by atoms with van der Waals surface area (Å²) in [7, 11) is 0. The zero-order valence-electron chi connectivity index (χ0n) is 11.1. The number of hydrogen-bond donors (Lipinski definition) is 0. The van der Waals surface area contributed by atoms with Gasteiger partial charge in [-0.25, -0.2) is 9.78 Å². The fraction of sp³-hybridized carbons (Fsp3) is 0.214. The third kappa shape index (κ3) is 3.68. The maximum atomic E-state index is 11.7. The van der Waals surface area contributed by atoms with E-state index in [-0.39, 0.29) is 18.3 Å². The number of ether oxygens (including phenoxy) is 2. The summed E-state index contributed by atoms with van der Waals surface area (Å²) in [5, 5.41) is 0.606. The topological polar surface area (TPSA) is 61.3 Å². The van der Waals surface area contributed by atoms with Gasteiger partial charge in [-0.15, -0.1) is 0 Å². The Morgan fingerprint density at radius 3 is 2.60 bits per heavy atom. The first-order chi connectivity index (χ1) is 9.58. The van der Waals surface area contributed by atoms with Crippen LogP contribution in [-0.4, -0.2) is 22.5 Å². The third-order valence-corrected chi connectivity index (χ3v) is 2.59. The lowest BCUT2D eigenvalue weighted by Gasteiger charge is -2.07. The number of aromatic nitrogens is 2. The van der Waals surface area contributed by atoms with Crippen LogP contribution < -0.4 is 4.74 Å². The molecule has 1 aromatic carbocycles. The minimum atomic E-state index is -0.501. The van der Waals surface area contributed by atoms with Crippen molar-refractivity contribution in [2.24, 2.45) is 0 Å². The molecule has 2 aromatic rings. The molecule has 0 amide bonds. The molecule has 0 fully saturated rings. The summed E-state index contributed by atoms with van der Waals surface area (Å²) in [5.74, 6) is 0.0359. The Morgan fingerprint density at radius 2 is 1.95 bits per heavy atom. The smallest absolute Gasteiger partial charge is 0.357 e. The number of nitrogens with zero attached hydrogens (tertiary/aromatic N) is 2. The molecule has 2 rings (SSSR count). The molecule has 104 valence electrons. The number of benzene rings is 1. The summed E-state index contributed by atoms with van der Waals surface area (Å²) >= 11 is 5.79. The fourth-order valence-corrected chi connectivity index (χ4v) is 1.63. The van der Waals surface area contributed by atoms with Crippen molar-refractivity contribution < 1.29 is 14.3 Å². The van der Waals surface area contributed by atoms with Crippen LogP contribution in [0, 0.1) is 6.92 Å². The molecule has 0 radical (unpaired) electrons. The summed E-state index contributed by atoms with van der Waals surface area (Å²) in [6.07, 6.45) is 0. The van der Waals surface area contributed by atoms with Gasteiger partial charge in [-0.05, 0) is 44.2 Å². The van der Waals surface area contributed by atoms with E-state index in [0.717, 1.165) is 0 Å². The molecule has 0 saturated carbocycles. The zero-order chi connectivity index (χ0) is 14.5. The molecule has 20 heavy (non-hydrogen) atoms. The van der Waals surface area contributed by atoms with Gasteiger partial charge >= 0.3 is 12.0 Å². The van der Waals surface area contributed by atoms with Gasteiger partial charge in [-0.2, -0.15) is 4.98 Å². The van der Waals surface area contributed by atoms with E-state index in [4.69, 9.17) is 21.1 Å². The Hall–Kier alpha value is -2.14. The lowest BCUT2D eigenvalue weighted by Crippen LogP contribution is -2.09. The van der Waals surface area contributed by atoms with Gasteiger partial charge in [0.25, 0.3) is 0 Å². The van der Waals surface area contributed by atoms with Crippen molar-refractivity contribution in [3.05, 3.63) is 46.7 Å². The van der Waals surface area contributed by atoms with Crippen molar-refractivity contribution in [2.45, 2.75) is 13.8 Å². The van der Waals surface area contributed by atoms with Crippen molar-refractivity contribution in [1.29, 1.82) is 0 Å². The summed E-state index contributed by atoms with van der Waals surface area (Å²) in [4.78, 5) is 19.8. The van der Waals surface area contributed by atoms with E-state index < -0.39 is 5.97 Å². The highest BCUT2D eigenvalue weighted by Crippen LogP contribution is 2.20. The van der Waals surface area contributed by atoms with Crippen LogP contribution in [-0.2, 0) is 4.74 Å². The molecule has 0 aliphatic heterocycles. The number of esters is 1. The normalized spacial score (nSPS) is 10.2. The van der Waals surface area contributed by atoms with Gasteiger partial charge in [0.1, 0.15) is 5.75 Å². The second-order valence-electron chi connectivity index (χ2n) is 3.95. The molecule has 0 aliphatic rings. The van der Waals surface area contributed by atoms with Gasteiger partial charge < -0.3 is 9.47 Å². The van der Waals surface area contributed by atoms with Gasteiger partial charge in [0, 0.05) is 10.7 Å². The van der Waals surface area contributed by atoms with E-state index in [2.05, 4.69) is 9.97 Å². The maximum absolute atomic E-state index is 11.7. The van der Waals surface area contributed by atoms with Crippen molar-refractivity contribution in [2.75, 3.05) is 6.61 Å². The first-order valence-corrected chi connectivity index (χ1v) is 6.42. The summed E-state index contributed by atoms with van der Waals surface area (Å²) in [5.41, 5.74) is 0.787. The summed E-state index contributed by atoms with van der Waals surface area (Å²) < 4.78 is 10.4. The predicted molar refractivity (Wildman–Crippen MR) is 74.3 cm³/mol. The van der Waals surface area contributed by atoms with Crippen LogP contribution in [0.5, 0.6) is 11.8 Å². The standard InChI is InChI=1S/C14H13ClN2O3/c1-3-19-13(18)12-8-9(2)16-14(17-12)20-11-6-4-10(15)5-7-11/h4-8H,3H2,1-2H3. The van der Waals surface area contributed by atoms with Crippen LogP contribution in [0.1, 0.15) is 23.1 Å². The number of hydrogen-bond acceptors (Lipinski definition) is 5. The van der Waals surface area contributed by atoms with Gasteiger partial charge in [0.15, 0.2) is 5.69 Å². The van der Waals surface area contributed by atoms with E-state index in [1.807, 2.05) is 0 Å². The molecule has 0 saturated heterocycles. The van der Waals surface area contributed by atoms with Gasteiger partial charge in [-0.1, -0.05) is 11.6 Å².